The van der Waals surface area contributed by atoms with Crippen molar-refractivity contribution in [2.75, 3.05) is 6.54 Å². The lowest BCUT2D eigenvalue weighted by Gasteiger charge is -2.29. The smallest absolute Gasteiger partial charge is 0.410 e. The summed E-state index contributed by atoms with van der Waals surface area (Å²) in [5, 5.41) is 17.5. The molecule has 3 aliphatic heterocycles. The van der Waals surface area contributed by atoms with E-state index < -0.39 is 47.5 Å². The van der Waals surface area contributed by atoms with E-state index in [0.29, 0.717) is 36.3 Å². The van der Waals surface area contributed by atoms with E-state index in [4.69, 9.17) is 14.4 Å². The highest BCUT2D eigenvalue weighted by Crippen LogP contribution is 2.45. The van der Waals surface area contributed by atoms with Gasteiger partial charge in [-0.25, -0.2) is 9.18 Å². The third-order valence-corrected chi connectivity index (χ3v) is 9.58. The molecular formula is C34H39FN6O6. The van der Waals surface area contributed by atoms with Gasteiger partial charge in [0.05, 0.1) is 25.7 Å². The van der Waals surface area contributed by atoms with Crippen molar-refractivity contribution in [1.82, 2.24) is 25.8 Å². The monoisotopic (exact) mass is 646 g/mol. The average molecular weight is 647 g/mol. The molecule has 1 saturated carbocycles. The lowest BCUT2D eigenvalue weighted by atomic mass is 10.0. The van der Waals surface area contributed by atoms with E-state index in [1.54, 1.807) is 18.3 Å². The normalized spacial score (nSPS) is 28.1. The zero-order chi connectivity index (χ0) is 33.1. The van der Waals surface area contributed by atoms with Gasteiger partial charge in [0, 0.05) is 24.4 Å². The molecule has 13 heteroatoms. The third kappa shape index (κ3) is 6.88. The van der Waals surface area contributed by atoms with E-state index in [0.717, 1.165) is 31.4 Å². The second-order valence-corrected chi connectivity index (χ2v) is 12.8. The molecule has 3 N–H and O–H groups in total. The van der Waals surface area contributed by atoms with Crippen LogP contribution in [0.3, 0.4) is 0 Å². The number of aryl methyl sites for hydroxylation is 1. The molecule has 0 spiro atoms. The molecule has 1 aliphatic carbocycles. The highest BCUT2D eigenvalue weighted by molar-refractivity contribution is 5.98. The van der Waals surface area contributed by atoms with E-state index in [9.17, 15) is 23.6 Å². The van der Waals surface area contributed by atoms with Crippen LogP contribution in [0.5, 0.6) is 0 Å². The van der Waals surface area contributed by atoms with E-state index in [2.05, 4.69) is 16.0 Å². The summed E-state index contributed by atoms with van der Waals surface area (Å²) >= 11 is 0. The number of hydrogen-bond acceptors (Lipinski definition) is 8. The summed E-state index contributed by atoms with van der Waals surface area (Å²) < 4.78 is 25.9. The number of fused-ring (bicyclic) bond motifs is 3. The summed E-state index contributed by atoms with van der Waals surface area (Å²) in [4.78, 5) is 57.3. The molecule has 4 heterocycles. The van der Waals surface area contributed by atoms with Crippen molar-refractivity contribution in [1.29, 1.82) is 5.26 Å². The van der Waals surface area contributed by atoms with Crippen molar-refractivity contribution in [3.8, 4) is 6.19 Å². The van der Waals surface area contributed by atoms with Crippen LogP contribution < -0.4 is 16.0 Å². The minimum absolute atomic E-state index is 0.0129. The van der Waals surface area contributed by atoms with Crippen molar-refractivity contribution in [2.24, 2.45) is 5.92 Å². The summed E-state index contributed by atoms with van der Waals surface area (Å²) in [6.07, 6.45) is 8.25. The van der Waals surface area contributed by atoms with Gasteiger partial charge in [0.25, 0.3) is 5.91 Å². The Kier molecular flexibility index (Phi) is 9.31. The van der Waals surface area contributed by atoms with E-state index in [1.807, 2.05) is 31.2 Å². The van der Waals surface area contributed by atoms with E-state index in [1.165, 1.54) is 15.9 Å². The van der Waals surface area contributed by atoms with Crippen LogP contribution in [0.1, 0.15) is 67.6 Å². The number of halogens is 1. The molecule has 1 saturated heterocycles. The average Bonchev–Trinajstić information content (AvgIpc) is 3.40. The molecule has 4 amide bonds. The molecule has 2 fully saturated rings. The number of hydrogen-bond donors (Lipinski definition) is 3. The number of furan rings is 1. The van der Waals surface area contributed by atoms with Crippen LogP contribution >= 0.6 is 0 Å². The number of benzene rings is 1. The van der Waals surface area contributed by atoms with Gasteiger partial charge in [0.15, 0.2) is 6.19 Å². The van der Waals surface area contributed by atoms with Crippen LogP contribution in [0.15, 0.2) is 46.9 Å². The molecule has 0 bridgehead atoms. The first kappa shape index (κ1) is 32.2. The van der Waals surface area contributed by atoms with Gasteiger partial charge >= 0.3 is 6.09 Å². The first-order chi connectivity index (χ1) is 22.7. The van der Waals surface area contributed by atoms with E-state index >= 15 is 0 Å². The molecule has 12 nitrogen and oxygen atoms in total. The molecule has 6 rings (SSSR count). The fraction of sp³-hybridized carbons (Fsp3) is 0.500. The van der Waals surface area contributed by atoms with Gasteiger partial charge in [-0.3, -0.25) is 29.9 Å². The summed E-state index contributed by atoms with van der Waals surface area (Å²) in [6.45, 7) is 2.37. The molecule has 5 atom stereocenters. The third-order valence-electron chi connectivity index (χ3n) is 9.58. The van der Waals surface area contributed by atoms with Crippen molar-refractivity contribution >= 4 is 23.8 Å². The minimum Gasteiger partial charge on any atom is -0.465 e. The van der Waals surface area contributed by atoms with Crippen molar-refractivity contribution in [3.05, 3.63) is 70.9 Å². The molecule has 1 aromatic heterocycles. The predicted octanol–water partition coefficient (Wildman–Crippen LogP) is 3.30. The second kappa shape index (κ2) is 13.6. The number of rotatable bonds is 5. The number of nitriles is 1. The number of carbonyl (C=O) groups excluding carboxylic acids is 4. The number of amides is 4. The maximum Gasteiger partial charge on any atom is 0.410 e. The number of carbonyl (C=O) groups is 4. The maximum atomic E-state index is 14.3. The number of allylic oxidation sites excluding steroid dienone is 1. The van der Waals surface area contributed by atoms with Crippen molar-refractivity contribution < 1.29 is 32.7 Å². The van der Waals surface area contributed by atoms with Gasteiger partial charge in [0.1, 0.15) is 35.0 Å². The highest BCUT2D eigenvalue weighted by atomic mass is 19.1. The van der Waals surface area contributed by atoms with Gasteiger partial charge in [-0.1, -0.05) is 37.1 Å². The molecule has 4 aliphatic rings. The zero-order valence-electron chi connectivity index (χ0n) is 26.3. The lowest BCUT2D eigenvalue weighted by molar-refractivity contribution is -0.141. The Bertz CT molecular complexity index is 1620. The minimum atomic E-state index is -1.31. The Balaban J connectivity index is 1.23. The van der Waals surface area contributed by atoms with Crippen LogP contribution in [-0.4, -0.2) is 63.9 Å². The summed E-state index contributed by atoms with van der Waals surface area (Å²) in [6, 6.07) is 6.71. The molecule has 1 unspecified atom stereocenters. The topological polar surface area (TPSA) is 157 Å². The molecule has 0 radical (unpaired) electrons. The van der Waals surface area contributed by atoms with Gasteiger partial charge in [-0.15, -0.1) is 0 Å². The quantitative estimate of drug-likeness (QED) is 0.254. The van der Waals surface area contributed by atoms with Gasteiger partial charge in [-0.05, 0) is 56.4 Å². The van der Waals surface area contributed by atoms with Crippen LogP contribution in [0.4, 0.5) is 9.18 Å². The maximum absolute atomic E-state index is 14.3. The number of ether oxygens (including phenoxy) is 1. The Morgan fingerprint density at radius 3 is 2.81 bits per heavy atom. The summed E-state index contributed by atoms with van der Waals surface area (Å²) in [5.74, 6) is -0.761. The van der Waals surface area contributed by atoms with Gasteiger partial charge < -0.3 is 19.4 Å². The van der Waals surface area contributed by atoms with Crippen LogP contribution in [0, 0.1) is 30.1 Å². The second-order valence-electron chi connectivity index (χ2n) is 12.8. The number of nitrogens with zero attached hydrogens (tertiary/aromatic N) is 3. The first-order valence-electron chi connectivity index (χ1n) is 16.2. The Hall–Kier alpha value is -4.70. The predicted molar refractivity (Wildman–Crippen MR) is 165 cm³/mol. The fourth-order valence-electron chi connectivity index (χ4n) is 6.91. The molecule has 2 aromatic rings. The summed E-state index contributed by atoms with van der Waals surface area (Å²) in [7, 11) is 0. The lowest BCUT2D eigenvalue weighted by Crippen LogP contribution is -2.57. The van der Waals surface area contributed by atoms with Crippen molar-refractivity contribution in [2.45, 2.75) is 95.2 Å². The highest BCUT2D eigenvalue weighted by Gasteiger charge is 2.61. The standard InChI is InChI=1S/C34H39FN6O6/c1-21-12-13-24(46-21)16-37-28-11-6-4-2-3-5-9-23-15-34(23,32(44)38-20-36)39-30(42)29-14-25(18-41(29)31(28)43)47-33(45)40-17-22-8-7-10-27(35)26(22)19-40/h5,7-10,12-13,23,25,28-29,37H,2-4,6,11,14-19H2,1H3,(H,38,44)(H,39,42)/b9-5-/t23-,25-,28+,29?,34-/m1/s1. The summed E-state index contributed by atoms with van der Waals surface area (Å²) in [5.41, 5.74) is -0.175. The van der Waals surface area contributed by atoms with Gasteiger partial charge in [0.2, 0.25) is 11.8 Å². The van der Waals surface area contributed by atoms with Crippen LogP contribution in [-0.2, 0) is 38.8 Å². The molecular weight excluding hydrogens is 607 g/mol. The van der Waals surface area contributed by atoms with Crippen molar-refractivity contribution in [3.63, 3.8) is 0 Å². The van der Waals surface area contributed by atoms with Crippen LogP contribution in [0.2, 0.25) is 0 Å². The Morgan fingerprint density at radius 1 is 1.19 bits per heavy atom. The molecule has 47 heavy (non-hydrogen) atoms. The fourth-order valence-corrected chi connectivity index (χ4v) is 6.91. The largest absolute Gasteiger partial charge is 0.465 e. The zero-order valence-corrected chi connectivity index (χ0v) is 26.3. The van der Waals surface area contributed by atoms with E-state index in [-0.39, 0.29) is 37.9 Å². The number of nitrogens with one attached hydrogen (secondary N) is 3. The Labute approximate surface area is 272 Å². The first-order valence-corrected chi connectivity index (χ1v) is 16.2. The molecule has 1 aromatic carbocycles. The molecule has 248 valence electrons. The van der Waals surface area contributed by atoms with Gasteiger partial charge in [-0.2, -0.15) is 5.26 Å². The Morgan fingerprint density at radius 2 is 2.04 bits per heavy atom. The SMILES string of the molecule is Cc1ccc(CN[C@H]2CCCCC/C=C\[C@@H]3C[C@@]3(C(=O)NC#N)NC(=O)C3C[C@@H](OC(=O)N4Cc5cccc(F)c5C4)CN3C2=O)o1. The van der Waals surface area contributed by atoms with Crippen LogP contribution in [0.25, 0.3) is 0 Å².